The Morgan fingerprint density at radius 1 is 0.967 bits per heavy atom. The Morgan fingerprint density at radius 2 is 1.83 bits per heavy atom. The second kappa shape index (κ2) is 7.75. The van der Waals surface area contributed by atoms with Gasteiger partial charge in [-0.05, 0) is 12.1 Å². The summed E-state index contributed by atoms with van der Waals surface area (Å²) in [5, 5.41) is 6.87. The first kappa shape index (κ1) is 18.6. The number of H-pyrrole nitrogens is 1. The molecule has 1 saturated heterocycles. The molecule has 1 fully saturated rings. The second-order valence-electron chi connectivity index (χ2n) is 7.25. The minimum Gasteiger partial charge on any atom is -0.352 e. The van der Waals surface area contributed by atoms with Gasteiger partial charge in [-0.15, -0.1) is 0 Å². The van der Waals surface area contributed by atoms with E-state index in [-0.39, 0.29) is 0 Å². The van der Waals surface area contributed by atoms with Crippen molar-refractivity contribution in [3.63, 3.8) is 0 Å². The fourth-order valence-electron chi connectivity index (χ4n) is 3.70. The van der Waals surface area contributed by atoms with Crippen molar-refractivity contribution in [1.29, 1.82) is 0 Å². The van der Waals surface area contributed by atoms with Gasteiger partial charge in [0, 0.05) is 62.3 Å². The van der Waals surface area contributed by atoms with E-state index in [1.807, 2.05) is 6.07 Å². The Morgan fingerprint density at radius 3 is 2.60 bits per heavy atom. The molecule has 0 amide bonds. The molecule has 1 aromatic carbocycles. The lowest BCUT2D eigenvalue weighted by molar-refractivity contribution is 0.246. The predicted octanol–water partition coefficient (Wildman–Crippen LogP) is 3.02. The molecule has 9 heteroatoms. The predicted molar refractivity (Wildman–Crippen MR) is 109 cm³/mol. The van der Waals surface area contributed by atoms with Gasteiger partial charge in [-0.1, -0.05) is 6.07 Å². The number of pyridine rings is 1. The number of hydrogen-bond donors (Lipinski definition) is 1. The number of aromatic nitrogens is 5. The number of nitrogens with one attached hydrogen (secondary N) is 1. The van der Waals surface area contributed by atoms with Crippen LogP contribution in [0.2, 0.25) is 0 Å². The molecule has 0 atom stereocenters. The van der Waals surface area contributed by atoms with Crippen LogP contribution >= 0.6 is 0 Å². The van der Waals surface area contributed by atoms with E-state index in [1.165, 1.54) is 12.1 Å². The van der Waals surface area contributed by atoms with Crippen LogP contribution in [0.4, 0.5) is 14.6 Å². The van der Waals surface area contributed by atoms with Crippen LogP contribution in [0.5, 0.6) is 0 Å². The van der Waals surface area contributed by atoms with Gasteiger partial charge in [0.15, 0.2) is 5.82 Å². The summed E-state index contributed by atoms with van der Waals surface area (Å²) < 4.78 is 27.1. The zero-order valence-electron chi connectivity index (χ0n) is 16.1. The zero-order chi connectivity index (χ0) is 20.5. The maximum atomic E-state index is 14.0. The third kappa shape index (κ3) is 3.59. The standard InChI is InChI=1S/C21H19F2N7/c22-16-2-1-14(17(23)9-16)13-29-5-7-30(8-6-29)21-20(15-10-25-26-11-15)27-19-12-24-4-3-18(19)28-21/h1-4,9-12H,5-8,13H2,(H,25,26). The lowest BCUT2D eigenvalue weighted by atomic mass is 10.1. The molecule has 3 aromatic heterocycles. The fourth-order valence-corrected chi connectivity index (χ4v) is 3.70. The summed E-state index contributed by atoms with van der Waals surface area (Å²) in [6.07, 6.45) is 6.92. The van der Waals surface area contributed by atoms with Crippen molar-refractivity contribution in [2.75, 3.05) is 31.1 Å². The Kier molecular flexibility index (Phi) is 4.80. The SMILES string of the molecule is Fc1ccc(CN2CCN(c3nc4ccncc4nc3-c3cn[nH]c3)CC2)c(F)c1. The Balaban J connectivity index is 1.38. The monoisotopic (exact) mass is 407 g/mol. The second-order valence-corrected chi connectivity index (χ2v) is 7.25. The van der Waals surface area contributed by atoms with Gasteiger partial charge in [-0.2, -0.15) is 5.10 Å². The molecular formula is C21H19F2N7. The molecule has 30 heavy (non-hydrogen) atoms. The molecule has 1 aliphatic heterocycles. The van der Waals surface area contributed by atoms with Gasteiger partial charge in [-0.25, -0.2) is 18.7 Å². The number of nitrogens with zero attached hydrogens (tertiary/aromatic N) is 6. The molecule has 4 heterocycles. The van der Waals surface area contributed by atoms with E-state index >= 15 is 0 Å². The smallest absolute Gasteiger partial charge is 0.156 e. The Labute approximate surface area is 171 Å². The number of rotatable bonds is 4. The Bertz CT molecular complexity index is 1170. The topological polar surface area (TPSA) is 73.8 Å². The molecule has 0 spiro atoms. The molecule has 7 nitrogen and oxygen atoms in total. The van der Waals surface area contributed by atoms with Crippen LogP contribution < -0.4 is 4.90 Å². The van der Waals surface area contributed by atoms with E-state index in [2.05, 4.69) is 25.0 Å². The average molecular weight is 407 g/mol. The highest BCUT2D eigenvalue weighted by atomic mass is 19.1. The molecule has 5 rings (SSSR count). The Hall–Kier alpha value is -3.46. The van der Waals surface area contributed by atoms with Crippen LogP contribution in [-0.4, -0.2) is 56.2 Å². The average Bonchev–Trinajstić information content (AvgIpc) is 3.30. The molecule has 0 bridgehead atoms. The third-order valence-electron chi connectivity index (χ3n) is 5.30. The van der Waals surface area contributed by atoms with Crippen molar-refractivity contribution in [3.05, 3.63) is 66.3 Å². The zero-order valence-corrected chi connectivity index (χ0v) is 16.1. The van der Waals surface area contributed by atoms with Crippen molar-refractivity contribution in [3.8, 4) is 11.3 Å². The summed E-state index contributed by atoms with van der Waals surface area (Å²) in [5.41, 5.74) is 3.62. The van der Waals surface area contributed by atoms with Crippen LogP contribution in [0, 0.1) is 11.6 Å². The molecule has 1 N–H and O–H groups in total. The van der Waals surface area contributed by atoms with E-state index in [0.29, 0.717) is 12.1 Å². The largest absolute Gasteiger partial charge is 0.352 e. The summed E-state index contributed by atoms with van der Waals surface area (Å²) in [6, 6.07) is 5.59. The van der Waals surface area contributed by atoms with Crippen molar-refractivity contribution < 1.29 is 8.78 Å². The lowest BCUT2D eigenvalue weighted by Gasteiger charge is -2.36. The molecule has 4 aromatic rings. The summed E-state index contributed by atoms with van der Waals surface area (Å²) in [6.45, 7) is 3.36. The number of anilines is 1. The molecule has 0 radical (unpaired) electrons. The highest BCUT2D eigenvalue weighted by Crippen LogP contribution is 2.29. The molecule has 0 unspecified atom stereocenters. The fraction of sp³-hybridized carbons (Fsp3) is 0.238. The maximum absolute atomic E-state index is 14.0. The summed E-state index contributed by atoms with van der Waals surface area (Å²) in [5.74, 6) is -0.269. The minimum absolute atomic E-state index is 0.448. The van der Waals surface area contributed by atoms with Crippen LogP contribution in [0.25, 0.3) is 22.3 Å². The van der Waals surface area contributed by atoms with Gasteiger partial charge >= 0.3 is 0 Å². The van der Waals surface area contributed by atoms with Gasteiger partial charge < -0.3 is 4.90 Å². The van der Waals surface area contributed by atoms with E-state index in [0.717, 1.165) is 60.4 Å². The quantitative estimate of drug-likeness (QED) is 0.561. The number of benzene rings is 1. The number of fused-ring (bicyclic) bond motifs is 1. The molecule has 0 aliphatic carbocycles. The highest BCUT2D eigenvalue weighted by molar-refractivity contribution is 5.82. The van der Waals surface area contributed by atoms with Gasteiger partial charge in [-0.3, -0.25) is 15.0 Å². The lowest BCUT2D eigenvalue weighted by Crippen LogP contribution is -2.46. The molecule has 0 saturated carbocycles. The summed E-state index contributed by atoms with van der Waals surface area (Å²) in [4.78, 5) is 18.1. The van der Waals surface area contributed by atoms with Gasteiger partial charge in [0.2, 0.25) is 0 Å². The van der Waals surface area contributed by atoms with Crippen molar-refractivity contribution >= 4 is 16.9 Å². The van der Waals surface area contributed by atoms with Gasteiger partial charge in [0.1, 0.15) is 22.8 Å². The minimum atomic E-state index is -0.557. The first-order chi connectivity index (χ1) is 14.7. The van der Waals surface area contributed by atoms with Crippen molar-refractivity contribution in [1.82, 2.24) is 30.0 Å². The van der Waals surface area contributed by atoms with E-state index in [9.17, 15) is 8.78 Å². The van der Waals surface area contributed by atoms with Gasteiger partial charge in [0.05, 0.1) is 17.9 Å². The van der Waals surface area contributed by atoms with Crippen LogP contribution in [0.1, 0.15) is 5.56 Å². The number of halogens is 2. The van der Waals surface area contributed by atoms with Crippen molar-refractivity contribution in [2.24, 2.45) is 0 Å². The van der Waals surface area contributed by atoms with Crippen LogP contribution in [-0.2, 0) is 6.54 Å². The molecule has 1 aliphatic rings. The molecular weight excluding hydrogens is 388 g/mol. The maximum Gasteiger partial charge on any atom is 0.156 e. The number of hydrogen-bond acceptors (Lipinski definition) is 6. The number of piperazine rings is 1. The van der Waals surface area contributed by atoms with Crippen LogP contribution in [0.3, 0.4) is 0 Å². The van der Waals surface area contributed by atoms with E-state index in [1.54, 1.807) is 24.8 Å². The van der Waals surface area contributed by atoms with E-state index < -0.39 is 11.6 Å². The normalized spacial score (nSPS) is 15.1. The van der Waals surface area contributed by atoms with Gasteiger partial charge in [0.25, 0.3) is 0 Å². The van der Waals surface area contributed by atoms with E-state index in [4.69, 9.17) is 9.97 Å². The first-order valence-electron chi connectivity index (χ1n) is 9.69. The highest BCUT2D eigenvalue weighted by Gasteiger charge is 2.23. The summed E-state index contributed by atoms with van der Waals surface area (Å²) in [7, 11) is 0. The van der Waals surface area contributed by atoms with Crippen molar-refractivity contribution in [2.45, 2.75) is 6.54 Å². The van der Waals surface area contributed by atoms with Crippen LogP contribution in [0.15, 0.2) is 49.1 Å². The first-order valence-corrected chi connectivity index (χ1v) is 9.69. The molecule has 152 valence electrons. The summed E-state index contributed by atoms with van der Waals surface area (Å²) >= 11 is 0. The third-order valence-corrected chi connectivity index (χ3v) is 5.30. The number of aromatic amines is 1.